The van der Waals surface area contributed by atoms with Gasteiger partial charge in [-0.15, -0.1) is 0 Å². The van der Waals surface area contributed by atoms with Gasteiger partial charge < -0.3 is 24.8 Å². The molecule has 0 aliphatic rings. The lowest BCUT2D eigenvalue weighted by Crippen LogP contribution is -2.31. The summed E-state index contributed by atoms with van der Waals surface area (Å²) in [6, 6.07) is 25.4. The number of carbonyl (C=O) groups excluding carboxylic acids is 3. The van der Waals surface area contributed by atoms with E-state index in [9.17, 15) is 18.8 Å². The molecule has 12 nitrogen and oxygen atoms in total. The minimum absolute atomic E-state index is 0.0120. The number of hydrogen-bond acceptors (Lipinski definition) is 8. The van der Waals surface area contributed by atoms with Crippen molar-refractivity contribution in [1.82, 2.24) is 20.1 Å². The van der Waals surface area contributed by atoms with Crippen molar-refractivity contribution < 1.29 is 37.4 Å². The van der Waals surface area contributed by atoms with Gasteiger partial charge in [0.05, 0.1) is 42.3 Å². The Kier molecular flexibility index (Phi) is 13.3. The Hall–Kier alpha value is -6.67. The number of carbonyl (C=O) groups is 3. The number of Topliss-reactive ketones (excluding diaryl/α,β-unsaturated/α-hetero) is 1. The van der Waals surface area contributed by atoms with Crippen LogP contribution in [-0.2, 0) is 21.4 Å². The normalized spacial score (nSPS) is 11.3. The molecule has 0 radical (unpaired) electrons. The Morgan fingerprint density at radius 1 is 0.831 bits per heavy atom. The fraction of sp³-hybridized carbons (Fsp3) is 0.267. The molecule has 6 rings (SSSR count). The van der Waals surface area contributed by atoms with Crippen LogP contribution < -0.4 is 25.4 Å². The lowest BCUT2D eigenvalue weighted by atomic mass is 9.92. The number of amides is 3. The van der Waals surface area contributed by atoms with E-state index >= 15 is 4.39 Å². The number of urea groups is 1. The third-order valence-corrected chi connectivity index (χ3v) is 9.09. The molecule has 2 aromatic heterocycles. The molecule has 0 saturated heterocycles. The summed E-state index contributed by atoms with van der Waals surface area (Å²) in [6.07, 6.45) is 2.10. The van der Waals surface area contributed by atoms with E-state index in [4.69, 9.17) is 19.3 Å². The van der Waals surface area contributed by atoms with E-state index < -0.39 is 41.5 Å². The first kappa shape index (κ1) is 41.9. The molecule has 0 bridgehead atoms. The van der Waals surface area contributed by atoms with Crippen molar-refractivity contribution in [2.75, 3.05) is 37.0 Å². The van der Waals surface area contributed by atoms with Crippen LogP contribution in [0.3, 0.4) is 0 Å². The van der Waals surface area contributed by atoms with Crippen LogP contribution in [0, 0.1) is 18.6 Å². The standard InChI is InChI=1S/C45H46F2N6O6/c1-6-21-57-22-23-58-38-17-15-35(46)41(42(38)47)43(55)49-27-31(54)24-29-25-32(19-20-48-29)59-37-18-16-36(33-9-7-8-10-34(33)37)50-44(56)51-40-26-39(45(3,4)5)52-53(40)30-13-11-28(2)12-14-30/h7-20,25-26H,6,21-24,27H2,1-5H3,(H,49,55)(H2,50,51,56). The molecule has 3 N–H and O–H groups in total. The zero-order chi connectivity index (χ0) is 42.1. The van der Waals surface area contributed by atoms with Gasteiger partial charge in [0.15, 0.2) is 17.3 Å². The van der Waals surface area contributed by atoms with E-state index in [0.717, 1.165) is 35.5 Å². The first-order chi connectivity index (χ1) is 28.3. The molecule has 0 aliphatic carbocycles. The van der Waals surface area contributed by atoms with Gasteiger partial charge in [-0.3, -0.25) is 19.9 Å². The lowest BCUT2D eigenvalue weighted by molar-refractivity contribution is -0.117. The number of ketones is 1. The van der Waals surface area contributed by atoms with Crippen molar-refractivity contribution >= 4 is 40.0 Å². The van der Waals surface area contributed by atoms with Crippen molar-refractivity contribution in [1.29, 1.82) is 0 Å². The fourth-order valence-electron chi connectivity index (χ4n) is 6.04. The Labute approximate surface area is 340 Å². The van der Waals surface area contributed by atoms with E-state index in [0.29, 0.717) is 46.1 Å². The molecule has 0 saturated carbocycles. The number of aryl methyl sites for hydroxylation is 1. The number of halogens is 2. The molecule has 4 aromatic carbocycles. The average molecular weight is 805 g/mol. The van der Waals surface area contributed by atoms with Gasteiger partial charge in [-0.05, 0) is 55.8 Å². The number of rotatable bonds is 16. The highest BCUT2D eigenvalue weighted by Gasteiger charge is 2.24. The molecule has 0 unspecified atom stereocenters. The van der Waals surface area contributed by atoms with Crippen LogP contribution in [0.4, 0.5) is 25.1 Å². The maximum Gasteiger partial charge on any atom is 0.324 e. The molecule has 0 atom stereocenters. The van der Waals surface area contributed by atoms with Gasteiger partial charge in [0.2, 0.25) is 0 Å². The minimum atomic E-state index is -1.17. The quantitative estimate of drug-likeness (QED) is 0.0822. The highest BCUT2D eigenvalue weighted by molar-refractivity contribution is 6.07. The van der Waals surface area contributed by atoms with Crippen molar-refractivity contribution in [3.8, 4) is 22.9 Å². The molecule has 0 fully saturated rings. The van der Waals surface area contributed by atoms with Gasteiger partial charge in [0.25, 0.3) is 5.91 Å². The first-order valence-electron chi connectivity index (χ1n) is 19.2. The zero-order valence-corrected chi connectivity index (χ0v) is 33.5. The lowest BCUT2D eigenvalue weighted by Gasteiger charge is -2.14. The zero-order valence-electron chi connectivity index (χ0n) is 33.5. The number of hydrogen-bond donors (Lipinski definition) is 3. The van der Waals surface area contributed by atoms with Crippen LogP contribution in [-0.4, -0.2) is 58.9 Å². The molecule has 14 heteroatoms. The van der Waals surface area contributed by atoms with Gasteiger partial charge in [-0.25, -0.2) is 18.3 Å². The van der Waals surface area contributed by atoms with E-state index in [1.54, 1.807) is 28.9 Å². The second-order valence-corrected chi connectivity index (χ2v) is 14.8. The molecule has 59 heavy (non-hydrogen) atoms. The molecular formula is C45H46F2N6O6. The largest absolute Gasteiger partial charge is 0.488 e. The fourth-order valence-corrected chi connectivity index (χ4v) is 6.04. The van der Waals surface area contributed by atoms with Crippen LogP contribution in [0.25, 0.3) is 16.5 Å². The van der Waals surface area contributed by atoms with Gasteiger partial charge in [0, 0.05) is 41.1 Å². The van der Waals surface area contributed by atoms with Crippen LogP contribution in [0.2, 0.25) is 0 Å². The molecule has 306 valence electrons. The predicted molar refractivity (Wildman–Crippen MR) is 222 cm³/mol. The Morgan fingerprint density at radius 3 is 2.32 bits per heavy atom. The third kappa shape index (κ3) is 10.6. The van der Waals surface area contributed by atoms with Crippen LogP contribution in [0.15, 0.2) is 97.2 Å². The van der Waals surface area contributed by atoms with Crippen LogP contribution in [0.1, 0.15) is 61.4 Å². The number of nitrogens with zero attached hydrogens (tertiary/aromatic N) is 3. The second kappa shape index (κ2) is 18.7. The number of benzene rings is 4. The van der Waals surface area contributed by atoms with E-state index in [2.05, 4.69) is 41.7 Å². The topological polar surface area (TPSA) is 146 Å². The Bertz CT molecular complexity index is 2460. The van der Waals surface area contributed by atoms with E-state index in [1.165, 1.54) is 6.20 Å². The minimum Gasteiger partial charge on any atom is -0.488 e. The van der Waals surface area contributed by atoms with E-state index in [-0.39, 0.29) is 30.8 Å². The number of ether oxygens (including phenoxy) is 3. The number of nitrogens with one attached hydrogen (secondary N) is 3. The summed E-state index contributed by atoms with van der Waals surface area (Å²) in [4.78, 5) is 43.4. The average Bonchev–Trinajstić information content (AvgIpc) is 3.63. The van der Waals surface area contributed by atoms with Crippen molar-refractivity contribution in [2.24, 2.45) is 0 Å². The van der Waals surface area contributed by atoms with Gasteiger partial charge in [-0.1, -0.05) is 69.7 Å². The molecule has 2 heterocycles. The number of pyridine rings is 1. The summed E-state index contributed by atoms with van der Waals surface area (Å²) in [6.45, 7) is 10.3. The number of aromatic nitrogens is 3. The molecular weight excluding hydrogens is 759 g/mol. The number of fused-ring (bicyclic) bond motifs is 1. The van der Waals surface area contributed by atoms with Crippen LogP contribution >= 0.6 is 0 Å². The maximum atomic E-state index is 15.0. The summed E-state index contributed by atoms with van der Waals surface area (Å²) < 4.78 is 48.1. The molecule has 6 aromatic rings. The molecule has 0 aliphatic heterocycles. The highest BCUT2D eigenvalue weighted by Crippen LogP contribution is 2.35. The van der Waals surface area contributed by atoms with Gasteiger partial charge in [0.1, 0.15) is 35.3 Å². The monoisotopic (exact) mass is 804 g/mol. The predicted octanol–water partition coefficient (Wildman–Crippen LogP) is 9.09. The van der Waals surface area contributed by atoms with Gasteiger partial charge in [-0.2, -0.15) is 5.10 Å². The Morgan fingerprint density at radius 2 is 1.58 bits per heavy atom. The summed E-state index contributed by atoms with van der Waals surface area (Å²) >= 11 is 0. The molecule has 3 amide bonds. The van der Waals surface area contributed by atoms with Gasteiger partial charge >= 0.3 is 6.03 Å². The SMILES string of the molecule is CCCOCCOc1ccc(F)c(C(=O)NCC(=O)Cc2cc(Oc3ccc(NC(=O)Nc4cc(C(C)(C)C)nn4-c4ccc(C)cc4)c4ccccc34)ccn2)c1F. The summed E-state index contributed by atoms with van der Waals surface area (Å²) in [5.41, 5.74) is 2.51. The summed E-state index contributed by atoms with van der Waals surface area (Å²) in [5.74, 6) is -2.75. The first-order valence-corrected chi connectivity index (χ1v) is 19.2. The smallest absolute Gasteiger partial charge is 0.324 e. The van der Waals surface area contributed by atoms with Crippen molar-refractivity contribution in [3.63, 3.8) is 0 Å². The van der Waals surface area contributed by atoms with Crippen molar-refractivity contribution in [3.05, 3.63) is 131 Å². The summed E-state index contributed by atoms with van der Waals surface area (Å²) in [7, 11) is 0. The third-order valence-electron chi connectivity index (χ3n) is 9.09. The Balaban J connectivity index is 1.10. The second-order valence-electron chi connectivity index (χ2n) is 14.8. The highest BCUT2D eigenvalue weighted by atomic mass is 19.1. The molecule has 0 spiro atoms. The van der Waals surface area contributed by atoms with Crippen molar-refractivity contribution in [2.45, 2.75) is 52.9 Å². The number of anilines is 2. The maximum absolute atomic E-state index is 15.0. The van der Waals surface area contributed by atoms with Crippen LogP contribution in [0.5, 0.6) is 17.2 Å². The van der Waals surface area contributed by atoms with E-state index in [1.807, 2.05) is 68.4 Å². The summed E-state index contributed by atoms with van der Waals surface area (Å²) in [5, 5.41) is 14.5.